The molecule has 0 spiro atoms. The van der Waals surface area contributed by atoms with Crippen LogP contribution in [-0.4, -0.2) is 36.9 Å². The molecule has 1 atom stereocenters. The fourth-order valence-electron chi connectivity index (χ4n) is 1.84. The summed E-state index contributed by atoms with van der Waals surface area (Å²) in [5, 5.41) is 2.74. The molecule has 0 fully saturated rings. The largest absolute Gasteiger partial charge is 0.495 e. The molecule has 0 bridgehead atoms. The zero-order chi connectivity index (χ0) is 16.1. The van der Waals surface area contributed by atoms with Gasteiger partial charge in [0.05, 0.1) is 12.8 Å². The summed E-state index contributed by atoms with van der Waals surface area (Å²) in [4.78, 5) is 16.1. The summed E-state index contributed by atoms with van der Waals surface area (Å²) >= 11 is 0. The van der Waals surface area contributed by atoms with Gasteiger partial charge in [0.15, 0.2) is 0 Å². The third-order valence-electron chi connectivity index (χ3n) is 3.03. The van der Waals surface area contributed by atoms with Crippen LogP contribution in [0.15, 0.2) is 18.3 Å². The van der Waals surface area contributed by atoms with E-state index in [2.05, 4.69) is 10.3 Å². The van der Waals surface area contributed by atoms with Crippen molar-refractivity contribution in [3.05, 3.63) is 24.0 Å². The van der Waals surface area contributed by atoms with Crippen molar-refractivity contribution >= 4 is 6.09 Å². The molecule has 21 heavy (non-hydrogen) atoms. The van der Waals surface area contributed by atoms with Crippen LogP contribution in [-0.2, 0) is 10.2 Å². The first-order chi connectivity index (χ1) is 9.72. The maximum Gasteiger partial charge on any atom is 0.407 e. The lowest BCUT2D eigenvalue weighted by atomic mass is 9.85. The Hall–Kier alpha value is -1.82. The smallest absolute Gasteiger partial charge is 0.407 e. The van der Waals surface area contributed by atoms with E-state index in [1.807, 2.05) is 33.8 Å². The molecule has 6 heteroatoms. The molecular formula is C15H25N3O3. The first-order valence-electron chi connectivity index (χ1n) is 6.88. The van der Waals surface area contributed by atoms with Crippen LogP contribution in [0.1, 0.15) is 33.4 Å². The van der Waals surface area contributed by atoms with Gasteiger partial charge in [-0.3, -0.25) is 4.98 Å². The van der Waals surface area contributed by atoms with Gasteiger partial charge in [-0.15, -0.1) is 0 Å². The van der Waals surface area contributed by atoms with Crippen LogP contribution in [0.2, 0.25) is 0 Å². The van der Waals surface area contributed by atoms with Gasteiger partial charge in [0.2, 0.25) is 0 Å². The number of nitrogens with one attached hydrogen (secondary N) is 1. The lowest BCUT2D eigenvalue weighted by molar-refractivity contribution is 0.0516. The number of rotatable bonds is 5. The average Bonchev–Trinajstić information content (AvgIpc) is 2.43. The van der Waals surface area contributed by atoms with Gasteiger partial charge >= 0.3 is 6.09 Å². The molecule has 1 rings (SSSR count). The molecular weight excluding hydrogens is 270 g/mol. The maximum atomic E-state index is 11.8. The van der Waals surface area contributed by atoms with Crippen LogP contribution in [0, 0.1) is 0 Å². The Balaban J connectivity index is 2.83. The summed E-state index contributed by atoms with van der Waals surface area (Å²) in [5.41, 5.74) is 5.53. The van der Waals surface area contributed by atoms with E-state index in [4.69, 9.17) is 15.2 Å². The average molecular weight is 295 g/mol. The van der Waals surface area contributed by atoms with Gasteiger partial charge in [0, 0.05) is 24.7 Å². The zero-order valence-corrected chi connectivity index (χ0v) is 13.4. The first kappa shape index (κ1) is 17.2. The maximum absolute atomic E-state index is 11.8. The highest BCUT2D eigenvalue weighted by Crippen LogP contribution is 2.28. The monoisotopic (exact) mass is 295 g/mol. The second-order valence-electron chi connectivity index (χ2n) is 6.17. The van der Waals surface area contributed by atoms with Crippen molar-refractivity contribution in [2.45, 2.75) is 38.7 Å². The summed E-state index contributed by atoms with van der Waals surface area (Å²) in [5.74, 6) is 0.649. The molecule has 3 N–H and O–H groups in total. The quantitative estimate of drug-likeness (QED) is 0.865. The molecule has 0 aliphatic carbocycles. The second kappa shape index (κ2) is 6.76. The van der Waals surface area contributed by atoms with E-state index in [0.717, 1.165) is 0 Å². The number of carbonyl (C=O) groups excluding carboxylic acids is 1. The third-order valence-corrected chi connectivity index (χ3v) is 3.03. The minimum atomic E-state index is -0.538. The number of nitrogens with two attached hydrogens (primary N) is 1. The highest BCUT2D eigenvalue weighted by molar-refractivity contribution is 5.67. The molecule has 0 radical (unpaired) electrons. The first-order valence-corrected chi connectivity index (χ1v) is 6.88. The van der Waals surface area contributed by atoms with E-state index < -0.39 is 17.1 Å². The zero-order valence-electron chi connectivity index (χ0n) is 13.4. The van der Waals surface area contributed by atoms with Gasteiger partial charge < -0.3 is 20.5 Å². The molecule has 0 aromatic carbocycles. The predicted molar refractivity (Wildman–Crippen MR) is 81.4 cm³/mol. The minimum Gasteiger partial charge on any atom is -0.495 e. The predicted octanol–water partition coefficient (Wildman–Crippen LogP) is 1.83. The third kappa shape index (κ3) is 4.90. The molecule has 1 aromatic rings. The van der Waals surface area contributed by atoms with Crippen molar-refractivity contribution in [2.24, 2.45) is 5.73 Å². The van der Waals surface area contributed by atoms with Gasteiger partial charge in [0.1, 0.15) is 11.4 Å². The fourth-order valence-corrected chi connectivity index (χ4v) is 1.84. The molecule has 1 unspecified atom stereocenters. The minimum absolute atomic E-state index is 0.311. The number of ether oxygens (including phenoxy) is 2. The van der Waals surface area contributed by atoms with Crippen LogP contribution in [0.5, 0.6) is 5.75 Å². The van der Waals surface area contributed by atoms with Gasteiger partial charge in [0.25, 0.3) is 0 Å². The summed E-state index contributed by atoms with van der Waals surface area (Å²) < 4.78 is 10.5. The Morgan fingerprint density at radius 2 is 2.05 bits per heavy atom. The summed E-state index contributed by atoms with van der Waals surface area (Å²) in [6.07, 6.45) is 1.20. The summed E-state index contributed by atoms with van der Waals surface area (Å²) in [6, 6.07) is 3.62. The van der Waals surface area contributed by atoms with Crippen molar-refractivity contribution in [3.63, 3.8) is 0 Å². The fraction of sp³-hybridized carbons (Fsp3) is 0.600. The Labute approximate surface area is 126 Å². The molecule has 1 amide bonds. The molecule has 0 aliphatic rings. The number of aromatic nitrogens is 1. The van der Waals surface area contributed by atoms with E-state index in [1.54, 1.807) is 19.4 Å². The van der Waals surface area contributed by atoms with Crippen LogP contribution in [0.25, 0.3) is 0 Å². The summed E-state index contributed by atoms with van der Waals surface area (Å²) in [6.45, 7) is 8.00. The molecule has 0 saturated heterocycles. The van der Waals surface area contributed by atoms with Crippen LogP contribution >= 0.6 is 0 Å². The lowest BCUT2D eigenvalue weighted by Crippen LogP contribution is -2.45. The molecule has 6 nitrogen and oxygen atoms in total. The number of carbonyl (C=O) groups is 1. The number of pyridine rings is 1. The van der Waals surface area contributed by atoms with Crippen molar-refractivity contribution in [2.75, 3.05) is 20.2 Å². The van der Waals surface area contributed by atoms with E-state index in [9.17, 15) is 4.79 Å². The molecule has 1 aromatic heterocycles. The second-order valence-corrected chi connectivity index (χ2v) is 6.17. The van der Waals surface area contributed by atoms with Crippen molar-refractivity contribution in [1.82, 2.24) is 10.3 Å². The number of methoxy groups -OCH3 is 1. The van der Waals surface area contributed by atoms with E-state index in [-0.39, 0.29) is 0 Å². The van der Waals surface area contributed by atoms with Crippen molar-refractivity contribution < 1.29 is 14.3 Å². The number of nitrogens with zero attached hydrogens (tertiary/aromatic N) is 1. The number of hydrogen-bond donors (Lipinski definition) is 2. The standard InChI is InChI=1S/C15H25N3O3/c1-14(2,3)21-13(19)18-10-15(4,9-16)12-11(20-5)7-6-8-17-12/h6-8H,9-10,16H2,1-5H3,(H,18,19). The van der Waals surface area contributed by atoms with E-state index in [1.165, 1.54) is 0 Å². The highest BCUT2D eigenvalue weighted by atomic mass is 16.6. The molecule has 118 valence electrons. The van der Waals surface area contributed by atoms with Crippen molar-refractivity contribution in [1.29, 1.82) is 0 Å². The SMILES string of the molecule is COc1cccnc1C(C)(CN)CNC(=O)OC(C)(C)C. The van der Waals surface area contributed by atoms with E-state index >= 15 is 0 Å². The van der Waals surface area contributed by atoms with Gasteiger partial charge in [-0.2, -0.15) is 0 Å². The Morgan fingerprint density at radius 1 is 1.38 bits per heavy atom. The number of amides is 1. The summed E-state index contributed by atoms with van der Waals surface area (Å²) in [7, 11) is 1.58. The molecule has 1 heterocycles. The Morgan fingerprint density at radius 3 is 2.57 bits per heavy atom. The normalized spacial score (nSPS) is 14.2. The van der Waals surface area contributed by atoms with Gasteiger partial charge in [-0.25, -0.2) is 4.79 Å². The topological polar surface area (TPSA) is 86.5 Å². The number of hydrogen-bond acceptors (Lipinski definition) is 5. The van der Waals surface area contributed by atoms with Crippen molar-refractivity contribution in [3.8, 4) is 5.75 Å². The van der Waals surface area contributed by atoms with Gasteiger partial charge in [-0.05, 0) is 32.9 Å². The highest BCUT2D eigenvalue weighted by Gasteiger charge is 2.31. The lowest BCUT2D eigenvalue weighted by Gasteiger charge is -2.29. The van der Waals surface area contributed by atoms with Crippen LogP contribution in [0.4, 0.5) is 4.79 Å². The number of alkyl carbamates (subject to hydrolysis) is 1. The van der Waals surface area contributed by atoms with Crippen LogP contribution in [0.3, 0.4) is 0 Å². The van der Waals surface area contributed by atoms with Gasteiger partial charge in [-0.1, -0.05) is 6.92 Å². The molecule has 0 saturated carbocycles. The molecule has 0 aliphatic heterocycles. The Kier molecular flexibility index (Phi) is 5.54. The van der Waals surface area contributed by atoms with Crippen LogP contribution < -0.4 is 15.8 Å². The Bertz CT molecular complexity index is 485. The van der Waals surface area contributed by atoms with E-state index in [0.29, 0.717) is 24.5 Å².